The molecule has 0 aromatic heterocycles. The molecule has 0 aliphatic heterocycles. The molecule has 0 aliphatic rings. The first-order chi connectivity index (χ1) is 10.0. The summed E-state index contributed by atoms with van der Waals surface area (Å²) in [5.41, 5.74) is 1.11. The van der Waals surface area contributed by atoms with Crippen LogP contribution < -0.4 is 9.47 Å². The monoisotopic (exact) mass is 294 g/mol. The zero-order chi connectivity index (χ0) is 15.8. The Morgan fingerprint density at radius 1 is 1.19 bits per heavy atom. The van der Waals surface area contributed by atoms with Crippen LogP contribution in [0.1, 0.15) is 51.5 Å². The van der Waals surface area contributed by atoms with Gasteiger partial charge in [0.25, 0.3) is 0 Å². The third-order valence-corrected chi connectivity index (χ3v) is 3.62. The van der Waals surface area contributed by atoms with Gasteiger partial charge in [-0.1, -0.05) is 25.8 Å². The molecule has 4 heteroatoms. The maximum Gasteiger partial charge on any atom is 0.302 e. The van der Waals surface area contributed by atoms with Gasteiger partial charge < -0.3 is 14.2 Å². The van der Waals surface area contributed by atoms with Gasteiger partial charge in [-0.05, 0) is 31.0 Å². The fourth-order valence-electron chi connectivity index (χ4n) is 2.52. The van der Waals surface area contributed by atoms with Gasteiger partial charge >= 0.3 is 5.97 Å². The van der Waals surface area contributed by atoms with Crippen LogP contribution in [0.15, 0.2) is 18.2 Å². The van der Waals surface area contributed by atoms with E-state index in [1.165, 1.54) is 6.92 Å². The highest BCUT2D eigenvalue weighted by molar-refractivity contribution is 5.66. The van der Waals surface area contributed by atoms with E-state index in [-0.39, 0.29) is 18.0 Å². The maximum absolute atomic E-state index is 11.2. The summed E-state index contributed by atoms with van der Waals surface area (Å²) in [7, 11) is 3.24. The van der Waals surface area contributed by atoms with E-state index < -0.39 is 0 Å². The molecule has 0 fully saturated rings. The van der Waals surface area contributed by atoms with Gasteiger partial charge in [0.15, 0.2) is 11.5 Å². The van der Waals surface area contributed by atoms with Crippen molar-refractivity contribution in [3.8, 4) is 11.5 Å². The van der Waals surface area contributed by atoms with E-state index in [1.54, 1.807) is 14.2 Å². The van der Waals surface area contributed by atoms with Crippen molar-refractivity contribution in [2.45, 2.75) is 52.1 Å². The van der Waals surface area contributed by atoms with Gasteiger partial charge in [0.2, 0.25) is 0 Å². The van der Waals surface area contributed by atoms with E-state index in [1.807, 2.05) is 25.1 Å². The molecule has 4 nitrogen and oxygen atoms in total. The molecule has 0 heterocycles. The lowest BCUT2D eigenvalue weighted by molar-refractivity contribution is -0.146. The van der Waals surface area contributed by atoms with E-state index in [2.05, 4.69) is 6.92 Å². The maximum atomic E-state index is 11.2. The lowest BCUT2D eigenvalue weighted by Gasteiger charge is -2.25. The summed E-state index contributed by atoms with van der Waals surface area (Å²) in [4.78, 5) is 11.2. The molecule has 0 radical (unpaired) electrons. The highest BCUT2D eigenvalue weighted by atomic mass is 16.5. The minimum absolute atomic E-state index is 0.160. The largest absolute Gasteiger partial charge is 0.493 e. The van der Waals surface area contributed by atoms with Crippen LogP contribution in [-0.4, -0.2) is 26.3 Å². The summed E-state index contributed by atoms with van der Waals surface area (Å²) >= 11 is 0. The van der Waals surface area contributed by atoms with Crippen LogP contribution >= 0.6 is 0 Å². The normalized spacial score (nSPS) is 13.4. The number of ether oxygens (including phenoxy) is 3. The Balaban J connectivity index is 3.04. The van der Waals surface area contributed by atoms with E-state index >= 15 is 0 Å². The predicted octanol–water partition coefficient (Wildman–Crippen LogP) is 3.93. The zero-order valence-corrected chi connectivity index (χ0v) is 13.6. The lowest BCUT2D eigenvalue weighted by atomic mass is 9.89. The molecule has 1 aromatic rings. The van der Waals surface area contributed by atoms with E-state index in [9.17, 15) is 4.79 Å². The fraction of sp³-hybridized carbons (Fsp3) is 0.588. The highest BCUT2D eigenvalue weighted by Crippen LogP contribution is 2.34. The van der Waals surface area contributed by atoms with Crippen molar-refractivity contribution in [2.75, 3.05) is 14.2 Å². The average molecular weight is 294 g/mol. The zero-order valence-electron chi connectivity index (χ0n) is 13.6. The molecule has 0 spiro atoms. The van der Waals surface area contributed by atoms with Gasteiger partial charge in [-0.15, -0.1) is 0 Å². The molecule has 0 bridgehead atoms. The van der Waals surface area contributed by atoms with Crippen LogP contribution in [0, 0.1) is 0 Å². The Labute approximate surface area is 127 Å². The number of methoxy groups -OCH3 is 2. The number of hydrogen-bond acceptors (Lipinski definition) is 4. The van der Waals surface area contributed by atoms with Gasteiger partial charge in [-0.25, -0.2) is 0 Å². The Morgan fingerprint density at radius 3 is 2.38 bits per heavy atom. The first-order valence-corrected chi connectivity index (χ1v) is 7.42. The van der Waals surface area contributed by atoms with Gasteiger partial charge in [0.05, 0.1) is 14.2 Å². The quantitative estimate of drug-likeness (QED) is 0.681. The summed E-state index contributed by atoms with van der Waals surface area (Å²) in [6.45, 7) is 5.54. The highest BCUT2D eigenvalue weighted by Gasteiger charge is 2.22. The Bertz CT molecular complexity index is 456. The van der Waals surface area contributed by atoms with Crippen molar-refractivity contribution in [2.24, 2.45) is 0 Å². The molecule has 0 saturated heterocycles. The standard InChI is InChI=1S/C17H26O4/c1-6-7-8-15(12(2)21-13(3)18)14-9-10-16(19-4)17(11-14)20-5/h9-12,15H,6-8H2,1-5H3/t12-,15+/m1/s1. The number of esters is 1. The number of carbonyl (C=O) groups excluding carboxylic acids is 1. The summed E-state index contributed by atoms with van der Waals surface area (Å²) < 4.78 is 16.0. The van der Waals surface area contributed by atoms with Crippen LogP contribution in [0.3, 0.4) is 0 Å². The van der Waals surface area contributed by atoms with E-state index in [0.29, 0.717) is 11.5 Å². The van der Waals surface area contributed by atoms with Crippen molar-refractivity contribution in [1.29, 1.82) is 0 Å². The summed E-state index contributed by atoms with van der Waals surface area (Å²) in [6.07, 6.45) is 3.01. The van der Waals surface area contributed by atoms with Crippen LogP contribution in [0.25, 0.3) is 0 Å². The van der Waals surface area contributed by atoms with Crippen molar-refractivity contribution in [3.63, 3.8) is 0 Å². The topological polar surface area (TPSA) is 44.8 Å². The van der Waals surface area contributed by atoms with Crippen LogP contribution in [0.2, 0.25) is 0 Å². The Hall–Kier alpha value is -1.71. The second-order valence-electron chi connectivity index (χ2n) is 5.18. The van der Waals surface area contributed by atoms with Crippen LogP contribution in [0.5, 0.6) is 11.5 Å². The molecule has 1 aromatic carbocycles. The first kappa shape index (κ1) is 17.3. The molecule has 0 amide bonds. The molecule has 0 saturated carbocycles. The second-order valence-corrected chi connectivity index (χ2v) is 5.18. The molecule has 118 valence electrons. The predicted molar refractivity (Wildman–Crippen MR) is 83.0 cm³/mol. The number of carbonyl (C=O) groups is 1. The molecule has 0 N–H and O–H groups in total. The second kappa shape index (κ2) is 8.55. The third kappa shape index (κ3) is 4.96. The number of rotatable bonds is 8. The fourth-order valence-corrected chi connectivity index (χ4v) is 2.52. The van der Waals surface area contributed by atoms with Gasteiger partial charge in [-0.2, -0.15) is 0 Å². The van der Waals surface area contributed by atoms with Gasteiger partial charge in [0.1, 0.15) is 6.10 Å². The van der Waals surface area contributed by atoms with Crippen molar-refractivity contribution in [3.05, 3.63) is 23.8 Å². The Kier molecular flexibility index (Phi) is 7.06. The van der Waals surface area contributed by atoms with E-state index in [0.717, 1.165) is 24.8 Å². The molecule has 0 aliphatic carbocycles. The minimum Gasteiger partial charge on any atom is -0.493 e. The van der Waals surface area contributed by atoms with Crippen LogP contribution in [-0.2, 0) is 9.53 Å². The number of hydrogen-bond donors (Lipinski definition) is 0. The van der Waals surface area contributed by atoms with Crippen LogP contribution in [0.4, 0.5) is 0 Å². The molecular weight excluding hydrogens is 268 g/mol. The summed E-state index contributed by atoms with van der Waals surface area (Å²) in [6, 6.07) is 5.88. The molecule has 1 rings (SSSR count). The lowest BCUT2D eigenvalue weighted by Crippen LogP contribution is -2.21. The van der Waals surface area contributed by atoms with Crippen molar-refractivity contribution >= 4 is 5.97 Å². The summed E-state index contributed by atoms with van der Waals surface area (Å²) in [5, 5.41) is 0. The molecular formula is C17H26O4. The number of benzene rings is 1. The molecule has 0 unspecified atom stereocenters. The SMILES string of the molecule is CCCC[C@H](c1ccc(OC)c(OC)c1)[C@@H](C)OC(C)=O. The first-order valence-electron chi connectivity index (χ1n) is 7.42. The Morgan fingerprint density at radius 2 is 1.86 bits per heavy atom. The average Bonchev–Trinajstić information content (AvgIpc) is 2.46. The number of unbranched alkanes of at least 4 members (excludes halogenated alkanes) is 1. The van der Waals surface area contributed by atoms with Gasteiger partial charge in [-0.3, -0.25) is 4.79 Å². The molecule has 2 atom stereocenters. The van der Waals surface area contributed by atoms with E-state index in [4.69, 9.17) is 14.2 Å². The van der Waals surface area contributed by atoms with Crippen molar-refractivity contribution in [1.82, 2.24) is 0 Å². The van der Waals surface area contributed by atoms with Gasteiger partial charge in [0, 0.05) is 12.8 Å². The smallest absolute Gasteiger partial charge is 0.302 e. The minimum atomic E-state index is -0.246. The van der Waals surface area contributed by atoms with Crippen molar-refractivity contribution < 1.29 is 19.0 Å². The third-order valence-electron chi connectivity index (χ3n) is 3.62. The summed E-state index contributed by atoms with van der Waals surface area (Å²) in [5.74, 6) is 1.32. The molecule has 21 heavy (non-hydrogen) atoms.